The van der Waals surface area contributed by atoms with E-state index in [4.69, 9.17) is 14.0 Å². The number of carbonyl (C=O) groups is 2. The van der Waals surface area contributed by atoms with E-state index >= 15 is 4.39 Å². The largest absolute Gasteiger partial charge is 0.465 e. The van der Waals surface area contributed by atoms with Crippen LogP contribution in [0.5, 0.6) is 5.75 Å². The summed E-state index contributed by atoms with van der Waals surface area (Å²) in [6.07, 6.45) is 2.08. The first-order valence-corrected chi connectivity index (χ1v) is 13.5. The Morgan fingerprint density at radius 2 is 1.91 bits per heavy atom. The lowest BCUT2D eigenvalue weighted by Gasteiger charge is -2.26. The number of ether oxygens (including phenoxy) is 2. The predicted molar refractivity (Wildman–Crippen MR) is 135 cm³/mol. The van der Waals surface area contributed by atoms with E-state index < -0.39 is 31.4 Å². The van der Waals surface area contributed by atoms with Crippen molar-refractivity contribution in [3.8, 4) is 5.75 Å². The highest BCUT2D eigenvalue weighted by Crippen LogP contribution is 2.58. The molecular weight excluding hydrogens is 492 g/mol. The molecule has 186 valence electrons. The Balaban J connectivity index is 1.91. The van der Waals surface area contributed by atoms with Crippen molar-refractivity contribution in [2.24, 2.45) is 0 Å². The average molecular weight is 520 g/mol. The lowest BCUT2D eigenvalue weighted by molar-refractivity contribution is -0.145. The fourth-order valence-electron chi connectivity index (χ4n) is 3.14. The van der Waals surface area contributed by atoms with Crippen molar-refractivity contribution in [1.29, 1.82) is 0 Å². The van der Waals surface area contributed by atoms with Gasteiger partial charge in [-0.25, -0.2) is 14.3 Å². The van der Waals surface area contributed by atoms with Crippen LogP contribution in [0.3, 0.4) is 0 Å². The van der Waals surface area contributed by atoms with Gasteiger partial charge in [-0.2, -0.15) is 0 Å². The van der Waals surface area contributed by atoms with Crippen molar-refractivity contribution < 1.29 is 32.5 Å². The quantitative estimate of drug-likeness (QED) is 0.168. The molecule has 0 bridgehead atoms. The first-order valence-electron chi connectivity index (χ1n) is 11.0. The standard InChI is InChI=1S/C25H27FNO6PS/c1-4-13-31-24(28)17(3)27-34(30,33-20-9-7-6-8-10-20)23(26)18-11-12-21-19(15-18)16-22(35-21)25(29)32-14-5-2/h5-12,15-17,23H,2,4,13-14H2,1,3H3,(H,27,30). The smallest absolute Gasteiger partial charge is 0.355 e. The Labute approximate surface area is 207 Å². The van der Waals surface area contributed by atoms with E-state index in [9.17, 15) is 14.2 Å². The van der Waals surface area contributed by atoms with Gasteiger partial charge in [0.25, 0.3) is 0 Å². The number of carbonyl (C=O) groups excluding carboxylic acids is 2. The molecule has 1 heterocycles. The maximum absolute atomic E-state index is 15.9. The highest BCUT2D eigenvalue weighted by molar-refractivity contribution is 7.57. The number of para-hydroxylation sites is 1. The van der Waals surface area contributed by atoms with Crippen molar-refractivity contribution in [3.05, 3.63) is 77.7 Å². The third-order valence-corrected chi connectivity index (χ3v) is 8.03. The van der Waals surface area contributed by atoms with Crippen LogP contribution in [0.2, 0.25) is 0 Å². The molecule has 1 aromatic heterocycles. The lowest BCUT2D eigenvalue weighted by Crippen LogP contribution is -2.35. The summed E-state index contributed by atoms with van der Waals surface area (Å²) in [5.74, 6) is -3.09. The summed E-state index contributed by atoms with van der Waals surface area (Å²) in [7, 11) is -4.32. The summed E-state index contributed by atoms with van der Waals surface area (Å²) in [4.78, 5) is 24.8. The zero-order valence-corrected chi connectivity index (χ0v) is 21.2. The van der Waals surface area contributed by atoms with E-state index in [-0.39, 0.29) is 24.5 Å². The van der Waals surface area contributed by atoms with Gasteiger partial charge in [0, 0.05) is 4.70 Å². The second-order valence-corrected chi connectivity index (χ2v) is 10.8. The molecule has 0 aliphatic carbocycles. The highest BCUT2D eigenvalue weighted by atomic mass is 32.1. The molecule has 0 aliphatic heterocycles. The third-order valence-electron chi connectivity index (χ3n) is 4.81. The summed E-state index contributed by atoms with van der Waals surface area (Å²) in [5, 5.41) is 3.13. The number of benzene rings is 2. The number of thiophene rings is 1. The van der Waals surface area contributed by atoms with Crippen LogP contribution in [0.4, 0.5) is 4.39 Å². The molecule has 0 saturated heterocycles. The summed E-state index contributed by atoms with van der Waals surface area (Å²) < 4.78 is 46.3. The molecule has 1 N–H and O–H groups in total. The molecule has 0 saturated carbocycles. The van der Waals surface area contributed by atoms with E-state index in [1.165, 1.54) is 36.5 Å². The fourth-order valence-corrected chi connectivity index (χ4v) is 5.99. The molecule has 3 aromatic rings. The van der Waals surface area contributed by atoms with Gasteiger partial charge in [0.1, 0.15) is 23.3 Å². The Morgan fingerprint density at radius 1 is 1.17 bits per heavy atom. The van der Waals surface area contributed by atoms with E-state index in [0.717, 1.165) is 4.70 Å². The summed E-state index contributed by atoms with van der Waals surface area (Å²) in [6.45, 7) is 7.07. The van der Waals surface area contributed by atoms with Crippen LogP contribution in [0, 0.1) is 0 Å². The number of hydrogen-bond donors (Lipinski definition) is 1. The second kappa shape index (κ2) is 12.1. The van der Waals surface area contributed by atoms with Crippen LogP contribution in [-0.2, 0) is 18.8 Å². The first-order chi connectivity index (χ1) is 16.8. The number of esters is 2. The molecule has 7 nitrogen and oxygen atoms in total. The van der Waals surface area contributed by atoms with E-state index in [2.05, 4.69) is 11.7 Å². The first kappa shape index (κ1) is 26.6. The van der Waals surface area contributed by atoms with Gasteiger partial charge in [-0.05, 0) is 54.6 Å². The van der Waals surface area contributed by atoms with Crippen molar-refractivity contribution in [2.45, 2.75) is 32.2 Å². The van der Waals surface area contributed by atoms with Crippen LogP contribution in [0.15, 0.2) is 67.3 Å². The van der Waals surface area contributed by atoms with Gasteiger partial charge in [-0.1, -0.05) is 43.8 Å². The van der Waals surface area contributed by atoms with Crippen molar-refractivity contribution in [3.63, 3.8) is 0 Å². The number of hydrogen-bond acceptors (Lipinski definition) is 7. The van der Waals surface area contributed by atoms with E-state index in [0.29, 0.717) is 16.7 Å². The van der Waals surface area contributed by atoms with E-state index in [1.54, 1.807) is 42.5 Å². The van der Waals surface area contributed by atoms with Gasteiger partial charge in [0.2, 0.25) is 5.91 Å². The number of halogens is 1. The van der Waals surface area contributed by atoms with Gasteiger partial charge in [-0.3, -0.25) is 9.36 Å². The van der Waals surface area contributed by atoms with Crippen LogP contribution < -0.4 is 9.61 Å². The maximum atomic E-state index is 15.9. The molecule has 0 radical (unpaired) electrons. The molecule has 3 unspecified atom stereocenters. The molecule has 0 amide bonds. The average Bonchev–Trinajstić information content (AvgIpc) is 3.29. The molecule has 35 heavy (non-hydrogen) atoms. The topological polar surface area (TPSA) is 90.9 Å². The van der Waals surface area contributed by atoms with Crippen LogP contribution >= 0.6 is 18.9 Å². The molecule has 0 aliphatic rings. The number of fused-ring (bicyclic) bond motifs is 1. The Morgan fingerprint density at radius 3 is 2.60 bits per heavy atom. The maximum Gasteiger partial charge on any atom is 0.355 e. The molecule has 3 atom stereocenters. The molecule has 3 rings (SSSR count). The minimum atomic E-state index is -4.32. The molecule has 2 aromatic carbocycles. The third kappa shape index (κ3) is 6.78. The zero-order valence-electron chi connectivity index (χ0n) is 19.4. The zero-order chi connectivity index (χ0) is 25.4. The fraction of sp³-hybridized carbons (Fsp3) is 0.280. The predicted octanol–water partition coefficient (Wildman–Crippen LogP) is 6.42. The van der Waals surface area contributed by atoms with Crippen LogP contribution in [0.1, 0.15) is 41.4 Å². The van der Waals surface area contributed by atoms with Crippen molar-refractivity contribution in [1.82, 2.24) is 5.09 Å². The lowest BCUT2D eigenvalue weighted by atomic mass is 10.2. The van der Waals surface area contributed by atoms with E-state index in [1.807, 2.05) is 6.92 Å². The molecule has 0 fully saturated rings. The Kier molecular flexibility index (Phi) is 9.20. The van der Waals surface area contributed by atoms with Gasteiger partial charge < -0.3 is 14.0 Å². The van der Waals surface area contributed by atoms with Gasteiger partial charge in [0.05, 0.1) is 6.61 Å². The van der Waals surface area contributed by atoms with Crippen molar-refractivity contribution >= 4 is 40.9 Å². The van der Waals surface area contributed by atoms with Crippen LogP contribution in [-0.4, -0.2) is 31.2 Å². The number of nitrogens with one attached hydrogen (secondary N) is 1. The van der Waals surface area contributed by atoms with Gasteiger partial charge in [-0.15, -0.1) is 11.3 Å². The minimum absolute atomic E-state index is 0.0715. The molecule has 10 heteroatoms. The summed E-state index contributed by atoms with van der Waals surface area (Å²) in [5.41, 5.74) is 0.0715. The number of alkyl halides is 1. The van der Waals surface area contributed by atoms with Gasteiger partial charge in [0.15, 0.2) is 0 Å². The monoisotopic (exact) mass is 519 g/mol. The Bertz CT molecular complexity index is 1230. The van der Waals surface area contributed by atoms with Crippen molar-refractivity contribution in [2.75, 3.05) is 13.2 Å². The normalized spacial score (nSPS) is 14.5. The molecule has 0 spiro atoms. The molecular formula is C25H27FNO6PS. The summed E-state index contributed by atoms with van der Waals surface area (Å²) in [6, 6.07) is 13.3. The highest BCUT2D eigenvalue weighted by Gasteiger charge is 2.40. The Hall–Kier alpha value is -3.00. The second-order valence-electron chi connectivity index (χ2n) is 7.65. The van der Waals surface area contributed by atoms with Gasteiger partial charge >= 0.3 is 19.5 Å². The minimum Gasteiger partial charge on any atom is -0.465 e. The SMILES string of the molecule is C=CCOC(=O)c1cc2cc(C(F)P(=O)(NC(C)C(=O)OCCC)Oc3ccccc3)ccc2s1. The summed E-state index contributed by atoms with van der Waals surface area (Å²) >= 11 is 1.20. The van der Waals surface area contributed by atoms with Crippen LogP contribution in [0.25, 0.3) is 10.1 Å². The number of rotatable bonds is 12.